The summed E-state index contributed by atoms with van der Waals surface area (Å²) >= 11 is 0. The second-order valence-corrected chi connectivity index (χ2v) is 10.5. The largest absolute Gasteiger partial charge is 0.425 e. The summed E-state index contributed by atoms with van der Waals surface area (Å²) in [7, 11) is 1.35. The number of hydrogen-bond acceptors (Lipinski definition) is 8. The number of carbonyl (C=O) groups excluding carboxylic acids is 4. The van der Waals surface area contributed by atoms with Gasteiger partial charge in [-0.05, 0) is 36.8 Å². The molecule has 0 fully saturated rings. The summed E-state index contributed by atoms with van der Waals surface area (Å²) in [5, 5.41) is 3.11. The van der Waals surface area contributed by atoms with E-state index in [2.05, 4.69) is 10.3 Å². The van der Waals surface area contributed by atoms with Crippen LogP contribution in [-0.4, -0.2) is 44.1 Å². The van der Waals surface area contributed by atoms with Gasteiger partial charge in [0.1, 0.15) is 17.6 Å². The Morgan fingerprint density at radius 2 is 1.40 bits per heavy atom. The standard InChI is InChI=1S/C32H22N4O7/c1-15(36-28(38)20-9-5-6-10-21(20)29(36)39)31(41)43-17-13-11-16(12-14-17)22-23-25(18-7-3-4-8-19(18)26(23)37)33-27-24(22)30(40)35(2)32(42)34-27/h3-15,22,33H,1-2H3,(H,34,42)/t15-,22+/m1/s1. The van der Waals surface area contributed by atoms with Crippen molar-refractivity contribution < 1.29 is 23.9 Å². The molecule has 1 aliphatic carbocycles. The molecule has 0 spiro atoms. The third-order valence-electron chi connectivity index (χ3n) is 8.11. The average Bonchev–Trinajstić information content (AvgIpc) is 3.44. The molecule has 11 heteroatoms. The highest BCUT2D eigenvalue weighted by Gasteiger charge is 2.43. The van der Waals surface area contributed by atoms with Gasteiger partial charge in [-0.3, -0.25) is 33.6 Å². The summed E-state index contributed by atoms with van der Waals surface area (Å²) in [6.45, 7) is 1.41. The average molecular weight is 575 g/mol. The highest BCUT2D eigenvalue weighted by Crippen LogP contribution is 2.47. The molecule has 0 saturated heterocycles. The van der Waals surface area contributed by atoms with E-state index in [-0.39, 0.29) is 34.0 Å². The van der Waals surface area contributed by atoms with Crippen LogP contribution in [0.15, 0.2) is 88.0 Å². The summed E-state index contributed by atoms with van der Waals surface area (Å²) in [4.78, 5) is 81.7. The number of hydrogen-bond donors (Lipinski definition) is 2. The van der Waals surface area contributed by atoms with Crippen molar-refractivity contribution in [2.24, 2.45) is 7.05 Å². The first-order valence-electron chi connectivity index (χ1n) is 13.4. The van der Waals surface area contributed by atoms with Crippen molar-refractivity contribution in [1.29, 1.82) is 0 Å². The first kappa shape index (κ1) is 26.1. The van der Waals surface area contributed by atoms with Gasteiger partial charge in [-0.15, -0.1) is 0 Å². The van der Waals surface area contributed by atoms with Gasteiger partial charge in [0.05, 0.1) is 22.4 Å². The molecule has 0 bridgehead atoms. The number of amides is 2. The van der Waals surface area contributed by atoms with Gasteiger partial charge in [-0.25, -0.2) is 9.59 Å². The van der Waals surface area contributed by atoms with Crippen molar-refractivity contribution in [1.82, 2.24) is 14.5 Å². The van der Waals surface area contributed by atoms with E-state index in [1.807, 2.05) is 0 Å². The molecule has 3 aromatic carbocycles. The summed E-state index contributed by atoms with van der Waals surface area (Å²) in [5.74, 6) is -2.70. The molecule has 2 N–H and O–H groups in total. The number of aromatic nitrogens is 2. The Morgan fingerprint density at radius 3 is 2.02 bits per heavy atom. The van der Waals surface area contributed by atoms with Crippen LogP contribution in [0.4, 0.5) is 5.82 Å². The number of esters is 1. The number of H-pyrrole nitrogens is 1. The number of rotatable bonds is 4. The molecule has 4 aromatic rings. The molecule has 2 amide bonds. The Bertz CT molecular complexity index is 2050. The van der Waals surface area contributed by atoms with Crippen molar-refractivity contribution in [2.45, 2.75) is 18.9 Å². The lowest BCUT2D eigenvalue weighted by atomic mass is 9.81. The third kappa shape index (κ3) is 3.74. The van der Waals surface area contributed by atoms with Gasteiger partial charge in [0.15, 0.2) is 5.78 Å². The molecule has 212 valence electrons. The maximum absolute atomic E-state index is 13.6. The smallest absolute Gasteiger partial charge is 0.334 e. The number of allylic oxidation sites excluding steroid dienone is 1. The lowest BCUT2D eigenvalue weighted by molar-refractivity contribution is -0.138. The van der Waals surface area contributed by atoms with Crippen molar-refractivity contribution in [3.63, 3.8) is 0 Å². The topological polar surface area (TPSA) is 148 Å². The van der Waals surface area contributed by atoms with Crippen LogP contribution in [0.3, 0.4) is 0 Å². The minimum absolute atomic E-state index is 0.135. The van der Waals surface area contributed by atoms with Crippen LogP contribution in [0.1, 0.15) is 60.6 Å². The maximum atomic E-state index is 13.6. The molecular weight excluding hydrogens is 552 g/mol. The molecule has 7 rings (SSSR count). The number of nitrogens with zero attached hydrogens (tertiary/aromatic N) is 2. The minimum Gasteiger partial charge on any atom is -0.425 e. The van der Waals surface area contributed by atoms with E-state index >= 15 is 0 Å². The number of Topliss-reactive ketones (excluding diaryl/α,β-unsaturated/α-hetero) is 1. The van der Waals surface area contributed by atoms with Gasteiger partial charge < -0.3 is 10.1 Å². The van der Waals surface area contributed by atoms with Crippen LogP contribution >= 0.6 is 0 Å². The van der Waals surface area contributed by atoms with Gasteiger partial charge in [-0.1, -0.05) is 48.5 Å². The number of nitrogens with one attached hydrogen (secondary N) is 2. The molecule has 2 aliphatic heterocycles. The number of fused-ring (bicyclic) bond motifs is 4. The van der Waals surface area contributed by atoms with Crippen molar-refractivity contribution >= 4 is 35.1 Å². The molecule has 0 saturated carbocycles. The van der Waals surface area contributed by atoms with Gasteiger partial charge >= 0.3 is 11.7 Å². The Hall–Kier alpha value is -5.84. The third-order valence-corrected chi connectivity index (χ3v) is 8.11. The summed E-state index contributed by atoms with van der Waals surface area (Å²) in [6, 6.07) is 18.5. The SMILES string of the molecule is C[C@H](C(=O)Oc1ccc([C@H]2C3=C(Nc4[nH]c(=O)n(C)c(=O)c42)c2ccccc2C3=O)cc1)N1C(=O)c2ccccc2C1=O. The van der Waals surface area contributed by atoms with E-state index in [1.54, 1.807) is 48.5 Å². The van der Waals surface area contributed by atoms with Crippen molar-refractivity contribution in [2.75, 3.05) is 5.32 Å². The highest BCUT2D eigenvalue weighted by molar-refractivity contribution is 6.24. The fraction of sp³-hybridized carbons (Fsp3) is 0.125. The first-order chi connectivity index (χ1) is 20.7. The Balaban J connectivity index is 1.22. The summed E-state index contributed by atoms with van der Waals surface area (Å²) in [5.41, 5.74) is 2.04. The van der Waals surface area contributed by atoms with Crippen LogP contribution in [-0.2, 0) is 11.8 Å². The van der Waals surface area contributed by atoms with E-state index in [4.69, 9.17) is 4.74 Å². The van der Waals surface area contributed by atoms with Gasteiger partial charge in [0.2, 0.25) is 0 Å². The second kappa shape index (κ2) is 9.35. The van der Waals surface area contributed by atoms with Crippen LogP contribution in [0.2, 0.25) is 0 Å². The van der Waals surface area contributed by atoms with E-state index in [0.29, 0.717) is 28.0 Å². The summed E-state index contributed by atoms with van der Waals surface area (Å²) in [6.07, 6.45) is 0. The number of anilines is 1. The highest BCUT2D eigenvalue weighted by atomic mass is 16.5. The zero-order valence-corrected chi connectivity index (χ0v) is 22.8. The Labute approximate surface area is 243 Å². The fourth-order valence-corrected chi connectivity index (χ4v) is 5.91. The fourth-order valence-electron chi connectivity index (χ4n) is 5.91. The molecule has 3 heterocycles. The van der Waals surface area contributed by atoms with E-state index < -0.39 is 41.0 Å². The van der Waals surface area contributed by atoms with Crippen LogP contribution < -0.4 is 21.3 Å². The molecule has 0 radical (unpaired) electrons. The van der Waals surface area contributed by atoms with Gasteiger partial charge in [-0.2, -0.15) is 0 Å². The molecular formula is C32H22N4O7. The van der Waals surface area contributed by atoms with E-state index in [1.165, 1.54) is 38.2 Å². The van der Waals surface area contributed by atoms with Crippen LogP contribution in [0, 0.1) is 0 Å². The quantitative estimate of drug-likeness (QED) is 0.215. The van der Waals surface area contributed by atoms with Gasteiger partial charge in [0, 0.05) is 29.7 Å². The molecule has 2 atom stereocenters. The number of ketones is 1. The molecule has 11 nitrogen and oxygen atoms in total. The molecule has 3 aliphatic rings. The zero-order valence-electron chi connectivity index (χ0n) is 22.8. The van der Waals surface area contributed by atoms with Gasteiger partial charge in [0.25, 0.3) is 17.4 Å². The predicted molar refractivity (Wildman–Crippen MR) is 154 cm³/mol. The molecule has 43 heavy (non-hydrogen) atoms. The van der Waals surface area contributed by atoms with Crippen LogP contribution in [0.25, 0.3) is 5.70 Å². The zero-order chi connectivity index (χ0) is 30.2. The van der Waals surface area contributed by atoms with E-state index in [0.717, 1.165) is 9.47 Å². The maximum Gasteiger partial charge on any atom is 0.334 e. The van der Waals surface area contributed by atoms with Crippen molar-refractivity contribution in [3.05, 3.63) is 133 Å². The minimum atomic E-state index is -1.19. The first-order valence-corrected chi connectivity index (χ1v) is 13.4. The number of aromatic amines is 1. The van der Waals surface area contributed by atoms with Crippen LogP contribution in [0.5, 0.6) is 5.75 Å². The number of imide groups is 1. The Kier molecular flexibility index (Phi) is 5.67. The Morgan fingerprint density at radius 1 is 0.814 bits per heavy atom. The number of benzene rings is 3. The number of ether oxygens (including phenoxy) is 1. The number of carbonyl (C=O) groups is 4. The van der Waals surface area contributed by atoms with E-state index in [9.17, 15) is 28.8 Å². The second-order valence-electron chi connectivity index (χ2n) is 10.5. The molecule has 1 aromatic heterocycles. The lowest BCUT2D eigenvalue weighted by Gasteiger charge is -2.28. The summed E-state index contributed by atoms with van der Waals surface area (Å²) < 4.78 is 6.47. The predicted octanol–water partition coefficient (Wildman–Crippen LogP) is 2.83. The monoisotopic (exact) mass is 574 g/mol. The molecule has 0 unspecified atom stereocenters. The normalized spacial score (nSPS) is 17.2. The lowest BCUT2D eigenvalue weighted by Crippen LogP contribution is -2.44. The van der Waals surface area contributed by atoms with Crippen molar-refractivity contribution in [3.8, 4) is 5.75 Å².